The first-order chi connectivity index (χ1) is 8.63. The number of Topliss-reactive ketones (excluding diaryl/α,β-unsaturated/α-hetero) is 1. The molecule has 1 aromatic rings. The van der Waals surface area contributed by atoms with E-state index < -0.39 is 0 Å². The van der Waals surface area contributed by atoms with Gasteiger partial charge in [0.2, 0.25) is 0 Å². The van der Waals surface area contributed by atoms with Crippen LogP contribution in [-0.4, -0.2) is 12.9 Å². The molecule has 2 nitrogen and oxygen atoms in total. The number of hydrogen-bond donors (Lipinski definition) is 0. The van der Waals surface area contributed by atoms with Crippen LogP contribution in [0.25, 0.3) is 0 Å². The lowest BCUT2D eigenvalue weighted by molar-refractivity contribution is 0.0922. The largest absolute Gasteiger partial charge is 0.495 e. The van der Waals surface area contributed by atoms with E-state index in [4.69, 9.17) is 16.3 Å². The molecule has 0 saturated heterocycles. The van der Waals surface area contributed by atoms with E-state index in [0.717, 1.165) is 0 Å². The zero-order valence-corrected chi connectivity index (χ0v) is 11.2. The summed E-state index contributed by atoms with van der Waals surface area (Å²) in [6.07, 6.45) is 4.76. The number of allylic oxidation sites excluding steroid dienone is 2. The van der Waals surface area contributed by atoms with E-state index in [1.807, 2.05) is 0 Å². The molecule has 0 fully saturated rings. The molecule has 0 aromatic heterocycles. The molecule has 0 spiro atoms. The third-order valence-electron chi connectivity index (χ3n) is 2.71. The molecule has 0 unspecified atom stereocenters. The van der Waals surface area contributed by atoms with Crippen molar-refractivity contribution in [2.24, 2.45) is 5.92 Å². The van der Waals surface area contributed by atoms with Crippen molar-refractivity contribution in [3.63, 3.8) is 0 Å². The van der Waals surface area contributed by atoms with Crippen molar-refractivity contribution >= 4 is 17.4 Å². The molecule has 1 aromatic carbocycles. The van der Waals surface area contributed by atoms with Crippen molar-refractivity contribution in [3.8, 4) is 5.75 Å². The Labute approximate surface area is 113 Å². The summed E-state index contributed by atoms with van der Waals surface area (Å²) in [6.45, 7) is 7.34. The molecule has 0 aliphatic rings. The minimum atomic E-state index is -0.121. The van der Waals surface area contributed by atoms with E-state index in [9.17, 15) is 4.79 Å². The summed E-state index contributed by atoms with van der Waals surface area (Å²) in [7, 11) is 1.54. The summed E-state index contributed by atoms with van der Waals surface area (Å²) < 4.78 is 5.06. The van der Waals surface area contributed by atoms with Gasteiger partial charge in [-0.05, 0) is 31.0 Å². The fourth-order valence-electron chi connectivity index (χ4n) is 1.77. The second kappa shape index (κ2) is 7.02. The molecule has 0 amide bonds. The number of benzene rings is 1. The van der Waals surface area contributed by atoms with Gasteiger partial charge in [0.25, 0.3) is 0 Å². The van der Waals surface area contributed by atoms with Crippen LogP contribution >= 0.6 is 11.6 Å². The van der Waals surface area contributed by atoms with Crippen LogP contribution in [0.5, 0.6) is 5.75 Å². The smallest absolute Gasteiger partial charge is 0.166 e. The van der Waals surface area contributed by atoms with Gasteiger partial charge in [0, 0.05) is 11.5 Å². The summed E-state index contributed by atoms with van der Waals surface area (Å²) in [5.41, 5.74) is 0.592. The van der Waals surface area contributed by atoms with Crippen molar-refractivity contribution in [3.05, 3.63) is 54.1 Å². The van der Waals surface area contributed by atoms with E-state index in [1.54, 1.807) is 37.5 Å². The normalized spacial score (nSPS) is 10.2. The average molecular weight is 265 g/mol. The Kier molecular flexibility index (Phi) is 5.66. The number of carbonyl (C=O) groups excluding carboxylic acids is 1. The predicted octanol–water partition coefficient (Wildman–Crippen LogP) is 4.30. The van der Waals surface area contributed by atoms with E-state index in [0.29, 0.717) is 29.2 Å². The van der Waals surface area contributed by atoms with Gasteiger partial charge < -0.3 is 4.74 Å². The van der Waals surface area contributed by atoms with Crippen LogP contribution in [0.3, 0.4) is 0 Å². The minimum Gasteiger partial charge on any atom is -0.495 e. The second-order valence-electron chi connectivity index (χ2n) is 3.96. The highest BCUT2D eigenvalue weighted by Gasteiger charge is 2.18. The van der Waals surface area contributed by atoms with Gasteiger partial charge >= 0.3 is 0 Å². The first-order valence-corrected chi connectivity index (χ1v) is 6.11. The fraction of sp³-hybridized carbons (Fsp3) is 0.267. The number of halogens is 1. The Balaban J connectivity index is 2.97. The van der Waals surface area contributed by atoms with Gasteiger partial charge in [-0.15, -0.1) is 13.2 Å². The molecule has 96 valence electrons. The van der Waals surface area contributed by atoms with E-state index in [2.05, 4.69) is 13.2 Å². The van der Waals surface area contributed by atoms with Crippen LogP contribution in [0.15, 0.2) is 43.5 Å². The molecule has 3 heteroatoms. The third kappa shape index (κ3) is 3.47. The molecule has 0 bridgehead atoms. The Morgan fingerprint density at radius 2 is 2.00 bits per heavy atom. The van der Waals surface area contributed by atoms with Crippen LogP contribution in [0, 0.1) is 5.92 Å². The molecule has 0 saturated carbocycles. The van der Waals surface area contributed by atoms with E-state index in [1.165, 1.54) is 0 Å². The van der Waals surface area contributed by atoms with Crippen LogP contribution in [-0.2, 0) is 0 Å². The quantitative estimate of drug-likeness (QED) is 0.542. The zero-order valence-electron chi connectivity index (χ0n) is 10.5. The number of ketones is 1. The van der Waals surface area contributed by atoms with Gasteiger partial charge in [0.05, 0.1) is 12.1 Å². The Hall–Kier alpha value is -1.54. The maximum atomic E-state index is 12.3. The Morgan fingerprint density at radius 3 is 2.44 bits per heavy atom. The summed E-state index contributed by atoms with van der Waals surface area (Å²) in [5.74, 6) is 0.501. The lowest BCUT2D eigenvalue weighted by atomic mass is 9.92. The van der Waals surface area contributed by atoms with Gasteiger partial charge in [-0.1, -0.05) is 23.8 Å². The number of hydrogen-bond acceptors (Lipinski definition) is 2. The first kappa shape index (κ1) is 14.5. The standard InChI is InChI=1S/C15H17ClO2/c1-4-6-11(7-5-2)15(17)12-8-9-14(18-3)13(16)10-12/h4-5,8-11H,1-2,6-7H2,3H3. The molecule has 0 N–H and O–H groups in total. The van der Waals surface area contributed by atoms with Crippen molar-refractivity contribution in [1.82, 2.24) is 0 Å². The van der Waals surface area contributed by atoms with Gasteiger partial charge in [-0.2, -0.15) is 0 Å². The zero-order chi connectivity index (χ0) is 13.5. The molecule has 0 atom stereocenters. The van der Waals surface area contributed by atoms with Crippen LogP contribution < -0.4 is 4.74 Å². The number of ether oxygens (including phenoxy) is 1. The maximum Gasteiger partial charge on any atom is 0.166 e. The first-order valence-electron chi connectivity index (χ1n) is 5.73. The molecule has 0 aliphatic heterocycles. The lowest BCUT2D eigenvalue weighted by Gasteiger charge is -2.12. The topological polar surface area (TPSA) is 26.3 Å². The molecule has 1 rings (SSSR count). The van der Waals surface area contributed by atoms with Crippen LogP contribution in [0.4, 0.5) is 0 Å². The summed E-state index contributed by atoms with van der Waals surface area (Å²) in [4.78, 5) is 12.3. The van der Waals surface area contributed by atoms with Gasteiger partial charge in [0.1, 0.15) is 5.75 Å². The second-order valence-corrected chi connectivity index (χ2v) is 4.37. The highest BCUT2D eigenvalue weighted by Crippen LogP contribution is 2.27. The van der Waals surface area contributed by atoms with Crippen molar-refractivity contribution in [2.45, 2.75) is 12.8 Å². The molecule has 0 aliphatic carbocycles. The van der Waals surface area contributed by atoms with Gasteiger partial charge in [-0.3, -0.25) is 4.79 Å². The molecule has 18 heavy (non-hydrogen) atoms. The van der Waals surface area contributed by atoms with Crippen LogP contribution in [0.1, 0.15) is 23.2 Å². The van der Waals surface area contributed by atoms with Gasteiger partial charge in [-0.25, -0.2) is 0 Å². The Morgan fingerprint density at radius 1 is 1.39 bits per heavy atom. The maximum absolute atomic E-state index is 12.3. The van der Waals surface area contributed by atoms with E-state index >= 15 is 0 Å². The SMILES string of the molecule is C=CCC(CC=C)C(=O)c1ccc(OC)c(Cl)c1. The minimum absolute atomic E-state index is 0.0550. The third-order valence-corrected chi connectivity index (χ3v) is 3.00. The number of rotatable bonds is 7. The fourth-order valence-corrected chi connectivity index (χ4v) is 2.03. The summed E-state index contributed by atoms with van der Waals surface area (Å²) in [5, 5.41) is 0.444. The van der Waals surface area contributed by atoms with Crippen molar-refractivity contribution in [2.75, 3.05) is 7.11 Å². The highest BCUT2D eigenvalue weighted by molar-refractivity contribution is 6.32. The monoisotopic (exact) mass is 264 g/mol. The Bertz CT molecular complexity index is 442. The average Bonchev–Trinajstić information content (AvgIpc) is 2.37. The number of methoxy groups -OCH3 is 1. The molecule has 0 radical (unpaired) electrons. The lowest BCUT2D eigenvalue weighted by Crippen LogP contribution is -2.13. The van der Waals surface area contributed by atoms with Gasteiger partial charge in [0.15, 0.2) is 5.78 Å². The van der Waals surface area contributed by atoms with E-state index in [-0.39, 0.29) is 11.7 Å². The summed E-state index contributed by atoms with van der Waals surface area (Å²) >= 11 is 6.01. The van der Waals surface area contributed by atoms with Crippen molar-refractivity contribution < 1.29 is 9.53 Å². The predicted molar refractivity (Wildman–Crippen MR) is 75.5 cm³/mol. The van der Waals surface area contributed by atoms with Crippen molar-refractivity contribution in [1.29, 1.82) is 0 Å². The highest BCUT2D eigenvalue weighted by atomic mass is 35.5. The molecular formula is C15H17ClO2. The number of carbonyl (C=O) groups is 1. The molecule has 0 heterocycles. The summed E-state index contributed by atoms with van der Waals surface area (Å²) in [6, 6.07) is 5.07. The molecular weight excluding hydrogens is 248 g/mol. The van der Waals surface area contributed by atoms with Crippen LogP contribution in [0.2, 0.25) is 5.02 Å².